The molecule has 3 aliphatic carbocycles. The SMILES string of the molecule is CC1(O)c2c(Cl)ccc(O)c2C(O)=C2C(=O)C3C(=O)C(C(N)=O)=C(O)C(N)C3C(O)C21. The maximum atomic E-state index is 13.4. The van der Waals surface area contributed by atoms with Crippen LogP contribution in [0.5, 0.6) is 5.75 Å². The van der Waals surface area contributed by atoms with Gasteiger partial charge < -0.3 is 37.0 Å². The average Bonchev–Trinajstić information content (AvgIpc) is 2.67. The van der Waals surface area contributed by atoms with Crippen molar-refractivity contribution in [2.45, 2.75) is 24.7 Å². The molecule has 0 spiro atoms. The van der Waals surface area contributed by atoms with Gasteiger partial charge in [0.15, 0.2) is 11.6 Å². The van der Waals surface area contributed by atoms with E-state index in [0.717, 1.165) is 6.07 Å². The zero-order chi connectivity index (χ0) is 23.2. The lowest BCUT2D eigenvalue weighted by molar-refractivity contribution is -0.149. The fourth-order valence-electron chi connectivity index (χ4n) is 5.15. The number of carbonyl (C=O) groups excluding carboxylic acids is 3. The van der Waals surface area contributed by atoms with Crippen molar-refractivity contribution in [2.75, 3.05) is 0 Å². The molecule has 164 valence electrons. The van der Waals surface area contributed by atoms with Crippen LogP contribution in [0.4, 0.5) is 0 Å². The zero-order valence-corrected chi connectivity index (χ0v) is 16.8. The molecule has 1 amide bonds. The highest BCUT2D eigenvalue weighted by atomic mass is 35.5. The van der Waals surface area contributed by atoms with Crippen LogP contribution >= 0.6 is 11.6 Å². The highest BCUT2D eigenvalue weighted by molar-refractivity contribution is 6.32. The number of hydrogen-bond donors (Lipinski definition) is 7. The Bertz CT molecular complexity index is 1140. The van der Waals surface area contributed by atoms with Crippen LogP contribution in [-0.2, 0) is 20.0 Å². The first-order valence-corrected chi connectivity index (χ1v) is 9.64. The van der Waals surface area contributed by atoms with E-state index in [0.29, 0.717) is 0 Å². The summed E-state index contributed by atoms with van der Waals surface area (Å²) < 4.78 is 0. The highest BCUT2D eigenvalue weighted by Crippen LogP contribution is 2.56. The van der Waals surface area contributed by atoms with Crippen molar-refractivity contribution in [3.63, 3.8) is 0 Å². The second-order valence-corrected chi connectivity index (χ2v) is 8.54. The number of hydrogen-bond acceptors (Lipinski definition) is 9. The van der Waals surface area contributed by atoms with Crippen LogP contribution in [-0.4, -0.2) is 55.2 Å². The summed E-state index contributed by atoms with van der Waals surface area (Å²) in [6, 6.07) is 0.894. The van der Waals surface area contributed by atoms with Gasteiger partial charge in [-0.15, -0.1) is 0 Å². The topological polar surface area (TPSA) is 204 Å². The first-order valence-electron chi connectivity index (χ1n) is 9.26. The summed E-state index contributed by atoms with van der Waals surface area (Å²) in [4.78, 5) is 38.0. The Balaban J connectivity index is 2.03. The van der Waals surface area contributed by atoms with Crippen molar-refractivity contribution in [3.05, 3.63) is 45.2 Å². The van der Waals surface area contributed by atoms with Crippen molar-refractivity contribution >= 4 is 34.8 Å². The van der Waals surface area contributed by atoms with Crippen molar-refractivity contribution in [3.8, 4) is 5.75 Å². The van der Waals surface area contributed by atoms with Crippen molar-refractivity contribution < 1.29 is 39.9 Å². The minimum atomic E-state index is -2.08. The Morgan fingerprint density at radius 3 is 2.35 bits per heavy atom. The van der Waals surface area contributed by atoms with Crippen molar-refractivity contribution in [1.29, 1.82) is 0 Å². The third-order valence-electron chi connectivity index (χ3n) is 6.48. The average molecular weight is 451 g/mol. The Hall–Kier alpha value is -2.92. The van der Waals surface area contributed by atoms with Crippen LogP contribution in [0.3, 0.4) is 0 Å². The summed E-state index contributed by atoms with van der Waals surface area (Å²) in [7, 11) is 0. The molecule has 31 heavy (non-hydrogen) atoms. The van der Waals surface area contributed by atoms with Crippen LogP contribution in [0.1, 0.15) is 18.1 Å². The van der Waals surface area contributed by atoms with Gasteiger partial charge >= 0.3 is 0 Å². The van der Waals surface area contributed by atoms with E-state index in [1.807, 2.05) is 0 Å². The van der Waals surface area contributed by atoms with Gasteiger partial charge in [-0.25, -0.2) is 0 Å². The maximum Gasteiger partial charge on any atom is 0.255 e. The number of phenolic OH excluding ortho intramolecular Hbond substituents is 1. The van der Waals surface area contributed by atoms with Gasteiger partial charge in [-0.3, -0.25) is 14.4 Å². The Labute approximate surface area is 180 Å². The molecule has 4 rings (SSSR count). The molecule has 6 unspecified atom stereocenters. The molecule has 0 radical (unpaired) electrons. The van der Waals surface area contributed by atoms with Gasteiger partial charge in [0.05, 0.1) is 35.1 Å². The number of ketones is 2. The molecule has 9 N–H and O–H groups in total. The summed E-state index contributed by atoms with van der Waals surface area (Å²) >= 11 is 6.20. The van der Waals surface area contributed by atoms with E-state index < -0.39 is 81.4 Å². The van der Waals surface area contributed by atoms with E-state index >= 15 is 0 Å². The van der Waals surface area contributed by atoms with Crippen molar-refractivity contribution in [1.82, 2.24) is 0 Å². The van der Waals surface area contributed by atoms with Gasteiger partial charge in [0.2, 0.25) is 0 Å². The van der Waals surface area contributed by atoms with E-state index in [1.165, 1.54) is 13.0 Å². The number of carbonyl (C=O) groups is 3. The molecule has 11 heteroatoms. The Morgan fingerprint density at radius 1 is 1.16 bits per heavy atom. The molecule has 0 heterocycles. The number of nitrogens with two attached hydrogens (primary N) is 2. The monoisotopic (exact) mass is 450 g/mol. The molecular formula is C20H19ClN2O8. The largest absolute Gasteiger partial charge is 0.510 e. The van der Waals surface area contributed by atoms with E-state index in [-0.39, 0.29) is 16.1 Å². The minimum absolute atomic E-state index is 0.0482. The molecule has 0 aliphatic heterocycles. The lowest BCUT2D eigenvalue weighted by Gasteiger charge is -2.51. The highest BCUT2D eigenvalue weighted by Gasteiger charge is 2.63. The number of aromatic hydroxyl groups is 1. The summed E-state index contributed by atoms with van der Waals surface area (Å²) in [5.74, 6) is -10.3. The summed E-state index contributed by atoms with van der Waals surface area (Å²) in [5, 5.41) is 53.9. The number of aliphatic hydroxyl groups excluding tert-OH is 3. The van der Waals surface area contributed by atoms with E-state index in [1.54, 1.807) is 0 Å². The van der Waals surface area contributed by atoms with Gasteiger partial charge in [-0.1, -0.05) is 11.6 Å². The number of primary amides is 1. The molecule has 0 bridgehead atoms. The van der Waals surface area contributed by atoms with Crippen LogP contribution in [0.15, 0.2) is 29.0 Å². The van der Waals surface area contributed by atoms with E-state index in [2.05, 4.69) is 0 Å². The molecule has 1 aromatic carbocycles. The number of rotatable bonds is 1. The van der Waals surface area contributed by atoms with Gasteiger partial charge in [0, 0.05) is 22.1 Å². The molecule has 6 atom stereocenters. The lowest BCUT2D eigenvalue weighted by Crippen LogP contribution is -2.63. The summed E-state index contributed by atoms with van der Waals surface area (Å²) in [6.07, 6.45) is -1.73. The normalized spacial score (nSPS) is 34.9. The number of aliphatic hydroxyl groups is 4. The third-order valence-corrected chi connectivity index (χ3v) is 6.79. The molecule has 3 aliphatic rings. The first kappa shape index (κ1) is 21.3. The standard InChI is InChI=1S/C20H19ClN2O8/c1-20(31)11-4(21)2-3-5(24)6(11)14(25)9-12(20)17(28)7-8(15(9)26)16(27)10(19(23)30)18(29)13(7)22/h2-3,7-8,12-13,17,24-25,28-29,31H,22H2,1H3,(H2,23,30). The van der Waals surface area contributed by atoms with Crippen LogP contribution in [0.2, 0.25) is 5.02 Å². The summed E-state index contributed by atoms with van der Waals surface area (Å²) in [6.45, 7) is 1.23. The second kappa shape index (κ2) is 6.54. The fourth-order valence-corrected chi connectivity index (χ4v) is 5.50. The van der Waals surface area contributed by atoms with E-state index in [4.69, 9.17) is 23.1 Å². The molecular weight excluding hydrogens is 432 g/mol. The zero-order valence-electron chi connectivity index (χ0n) is 16.0. The number of Topliss-reactive ketones (excluding diaryl/α,β-unsaturated/α-hetero) is 2. The molecule has 0 saturated heterocycles. The number of phenols is 1. The van der Waals surface area contributed by atoms with Gasteiger partial charge in [0.25, 0.3) is 5.91 Å². The number of amides is 1. The predicted molar refractivity (Wildman–Crippen MR) is 106 cm³/mol. The third kappa shape index (κ3) is 2.53. The van der Waals surface area contributed by atoms with Gasteiger partial charge in [0.1, 0.15) is 22.8 Å². The minimum Gasteiger partial charge on any atom is -0.510 e. The summed E-state index contributed by atoms with van der Waals surface area (Å²) in [5.41, 5.74) is 7.22. The van der Waals surface area contributed by atoms with E-state index in [9.17, 15) is 39.9 Å². The number of halogens is 1. The molecule has 10 nitrogen and oxygen atoms in total. The van der Waals surface area contributed by atoms with Crippen LogP contribution in [0, 0.1) is 17.8 Å². The quantitative estimate of drug-likeness (QED) is 0.218. The predicted octanol–water partition coefficient (Wildman–Crippen LogP) is -0.465. The Kier molecular flexibility index (Phi) is 4.50. The first-order chi connectivity index (χ1) is 14.3. The molecule has 1 fully saturated rings. The molecule has 0 aromatic heterocycles. The molecule has 1 saturated carbocycles. The number of fused-ring (bicyclic) bond motifs is 3. The Morgan fingerprint density at radius 2 is 1.77 bits per heavy atom. The van der Waals surface area contributed by atoms with Gasteiger partial charge in [-0.2, -0.15) is 0 Å². The maximum absolute atomic E-state index is 13.4. The smallest absolute Gasteiger partial charge is 0.255 e. The lowest BCUT2D eigenvalue weighted by atomic mass is 9.55. The van der Waals surface area contributed by atoms with Gasteiger partial charge in [-0.05, 0) is 19.1 Å². The molecule has 1 aromatic rings. The second-order valence-electron chi connectivity index (χ2n) is 8.13. The van der Waals surface area contributed by atoms with Crippen LogP contribution < -0.4 is 11.5 Å². The van der Waals surface area contributed by atoms with Crippen molar-refractivity contribution in [2.24, 2.45) is 29.2 Å². The fraction of sp³-hybridized carbons (Fsp3) is 0.350. The van der Waals surface area contributed by atoms with Crippen LogP contribution in [0.25, 0.3) is 5.76 Å². The number of benzene rings is 1.